The van der Waals surface area contributed by atoms with Gasteiger partial charge in [-0.2, -0.15) is 0 Å². The van der Waals surface area contributed by atoms with E-state index in [2.05, 4.69) is 24.8 Å². The van der Waals surface area contributed by atoms with Crippen LogP contribution in [0.3, 0.4) is 0 Å². The maximum Gasteiger partial charge on any atom is 0.0867 e. The molecule has 0 amide bonds. The van der Waals surface area contributed by atoms with Gasteiger partial charge in [-0.3, -0.25) is 0 Å². The van der Waals surface area contributed by atoms with Gasteiger partial charge in [-0.15, -0.1) is 12.4 Å². The van der Waals surface area contributed by atoms with E-state index in [0.29, 0.717) is 6.54 Å². The Labute approximate surface area is 80.4 Å². The number of hydrogen-bond donors (Lipinski definition) is 2. The average molecular weight is 192 g/mol. The zero-order chi connectivity index (χ0) is 8.74. The summed E-state index contributed by atoms with van der Waals surface area (Å²) in [5.74, 6) is 0. The predicted molar refractivity (Wildman–Crippen MR) is 54.4 cm³/mol. The number of nitrogens with one attached hydrogen (secondary N) is 1. The van der Waals surface area contributed by atoms with Gasteiger partial charge in [-0.25, -0.2) is 10.4 Å². The summed E-state index contributed by atoms with van der Waals surface area (Å²) in [4.78, 5) is 4.02. The first-order valence-corrected chi connectivity index (χ1v) is 4.08. The molecule has 0 unspecified atom stereocenters. The predicted octanol–water partition coefficient (Wildman–Crippen LogP) is 2.07. The van der Waals surface area contributed by atoms with Crippen LogP contribution in [-0.2, 0) is 0 Å². The Balaban J connectivity index is 0. The molecule has 0 aromatic rings. The molecule has 0 aliphatic carbocycles. The molecule has 0 spiro atoms. The fourth-order valence-electron chi connectivity index (χ4n) is 1.20. The molecule has 4 heteroatoms. The summed E-state index contributed by atoms with van der Waals surface area (Å²) in [6.45, 7) is 4.77. The molecule has 0 rings (SSSR count). The smallest absolute Gasteiger partial charge is 0.0867 e. The van der Waals surface area contributed by atoms with Crippen LogP contribution in [-0.4, -0.2) is 18.1 Å². The first-order chi connectivity index (χ1) is 5.24. The van der Waals surface area contributed by atoms with E-state index in [4.69, 9.17) is 11.1 Å². The van der Waals surface area contributed by atoms with Crippen LogP contribution in [0.1, 0.15) is 33.1 Å². The second kappa shape index (κ2) is 7.29. The van der Waals surface area contributed by atoms with E-state index in [1.165, 1.54) is 0 Å². The highest BCUT2D eigenvalue weighted by Crippen LogP contribution is 2.23. The average Bonchev–Trinajstić information content (AvgIpc) is 2.04. The van der Waals surface area contributed by atoms with E-state index in [-0.39, 0.29) is 17.9 Å². The Morgan fingerprint density at radius 3 is 2.17 bits per heavy atom. The van der Waals surface area contributed by atoms with Crippen molar-refractivity contribution in [2.24, 2.45) is 10.7 Å². The van der Waals surface area contributed by atoms with Crippen LogP contribution in [0.4, 0.5) is 0 Å². The van der Waals surface area contributed by atoms with Gasteiger partial charge in [-0.05, 0) is 25.8 Å². The van der Waals surface area contributed by atoms with Crippen LogP contribution >= 0.6 is 12.4 Å². The van der Waals surface area contributed by atoms with E-state index in [0.717, 1.165) is 19.3 Å². The van der Waals surface area contributed by atoms with E-state index < -0.39 is 0 Å². The second-order valence-electron chi connectivity index (χ2n) is 2.69. The molecule has 3 nitrogen and oxygen atoms in total. The lowest BCUT2D eigenvalue weighted by atomic mass is 9.90. The van der Waals surface area contributed by atoms with Crippen molar-refractivity contribution in [1.29, 1.82) is 5.41 Å². The molecule has 0 saturated carbocycles. The molecule has 0 heterocycles. The summed E-state index contributed by atoms with van der Waals surface area (Å²) in [6.07, 6.45) is 2.73. The molecular formula is C8H18ClN3. The monoisotopic (exact) mass is 191 g/mol. The van der Waals surface area contributed by atoms with E-state index in [9.17, 15) is 0 Å². The molecule has 0 fully saturated rings. The Bertz CT molecular complexity index is 148. The summed E-state index contributed by atoms with van der Waals surface area (Å²) in [5.41, 5.74) is 5.33. The summed E-state index contributed by atoms with van der Waals surface area (Å²) < 4.78 is 0. The van der Waals surface area contributed by atoms with Crippen LogP contribution in [0, 0.1) is 5.41 Å². The Hall–Kier alpha value is -0.370. The maximum absolute atomic E-state index is 6.79. The van der Waals surface area contributed by atoms with Gasteiger partial charge in [0.15, 0.2) is 0 Å². The molecule has 0 radical (unpaired) electrons. The van der Waals surface area contributed by atoms with Gasteiger partial charge in [-0.1, -0.05) is 13.8 Å². The minimum absolute atomic E-state index is 0. The lowest BCUT2D eigenvalue weighted by Crippen LogP contribution is -2.27. The fourth-order valence-corrected chi connectivity index (χ4v) is 1.20. The van der Waals surface area contributed by atoms with Crippen molar-refractivity contribution in [2.75, 3.05) is 6.54 Å². The molecule has 0 aliphatic heterocycles. The molecule has 0 aliphatic rings. The van der Waals surface area contributed by atoms with Gasteiger partial charge < -0.3 is 5.73 Å². The van der Waals surface area contributed by atoms with Crippen molar-refractivity contribution in [3.63, 3.8) is 0 Å². The topological polar surface area (TPSA) is 62.2 Å². The number of aliphatic imine (C=N–C) groups is 1. The van der Waals surface area contributed by atoms with Crippen molar-refractivity contribution in [1.82, 2.24) is 0 Å². The van der Waals surface area contributed by atoms with Crippen molar-refractivity contribution in [2.45, 2.75) is 38.6 Å². The van der Waals surface area contributed by atoms with E-state index in [1.54, 1.807) is 0 Å². The van der Waals surface area contributed by atoms with E-state index >= 15 is 0 Å². The first kappa shape index (κ1) is 14.2. The zero-order valence-electron chi connectivity index (χ0n) is 7.76. The number of hydrogen-bond acceptors (Lipinski definition) is 3. The van der Waals surface area contributed by atoms with Crippen LogP contribution in [0.25, 0.3) is 0 Å². The third kappa shape index (κ3) is 3.86. The van der Waals surface area contributed by atoms with Crippen LogP contribution in [0.15, 0.2) is 4.99 Å². The number of halogens is 1. The maximum atomic E-state index is 6.79. The van der Waals surface area contributed by atoms with E-state index in [1.807, 2.05) is 0 Å². The highest BCUT2D eigenvalue weighted by Gasteiger charge is 2.23. The number of nitrogens with two attached hydrogens (primary N) is 1. The fraction of sp³-hybridized carbons (Fsp3) is 0.875. The summed E-state index contributed by atoms with van der Waals surface area (Å²) in [6, 6.07) is 2.11. The van der Waals surface area contributed by atoms with Crippen LogP contribution in [0.5, 0.6) is 0 Å². The highest BCUT2D eigenvalue weighted by atomic mass is 35.5. The van der Waals surface area contributed by atoms with Crippen molar-refractivity contribution in [3.8, 4) is 0 Å². The molecule has 3 N–H and O–H groups in total. The molecule has 0 aromatic heterocycles. The molecule has 72 valence electrons. The van der Waals surface area contributed by atoms with Gasteiger partial charge in [0.25, 0.3) is 0 Å². The lowest BCUT2D eigenvalue weighted by molar-refractivity contribution is 0.377. The van der Waals surface area contributed by atoms with Crippen LogP contribution < -0.4 is 5.73 Å². The molecule has 0 saturated heterocycles. The van der Waals surface area contributed by atoms with Gasteiger partial charge in [0, 0.05) is 0 Å². The summed E-state index contributed by atoms with van der Waals surface area (Å²) >= 11 is 0. The Morgan fingerprint density at radius 2 is 1.92 bits per heavy atom. The third-order valence-electron chi connectivity index (χ3n) is 2.22. The SMILES string of the molecule is CCC(CC)(CCN)N=C=N.Cl. The summed E-state index contributed by atoms with van der Waals surface area (Å²) in [5, 5.41) is 6.79. The first-order valence-electron chi connectivity index (χ1n) is 4.08. The number of nitrogens with zero attached hydrogens (tertiary/aromatic N) is 1. The lowest BCUT2D eigenvalue weighted by Gasteiger charge is -2.24. The number of rotatable bonds is 5. The normalized spacial score (nSPS) is 9.92. The van der Waals surface area contributed by atoms with Crippen LogP contribution in [0.2, 0.25) is 0 Å². The minimum Gasteiger partial charge on any atom is -0.330 e. The van der Waals surface area contributed by atoms with Crippen molar-refractivity contribution in [3.05, 3.63) is 0 Å². The molecule has 12 heavy (non-hydrogen) atoms. The standard InChI is InChI=1S/C8H17N3.ClH/c1-3-8(4-2,5-6-9)11-7-10;/h10H,3-6,9H2,1-2H3;1H. The molecule has 0 aromatic carbocycles. The van der Waals surface area contributed by atoms with Gasteiger partial charge in [0.2, 0.25) is 0 Å². The Kier molecular flexibility index (Phi) is 8.61. The zero-order valence-corrected chi connectivity index (χ0v) is 8.58. The quantitative estimate of drug-likeness (QED) is 0.643. The highest BCUT2D eigenvalue weighted by molar-refractivity contribution is 5.85. The molecule has 0 atom stereocenters. The molecular weight excluding hydrogens is 174 g/mol. The van der Waals surface area contributed by atoms with Gasteiger partial charge >= 0.3 is 0 Å². The molecule has 0 bridgehead atoms. The largest absolute Gasteiger partial charge is 0.330 e. The Morgan fingerprint density at radius 1 is 1.42 bits per heavy atom. The minimum atomic E-state index is -0.115. The van der Waals surface area contributed by atoms with Gasteiger partial charge in [0.1, 0.15) is 0 Å². The van der Waals surface area contributed by atoms with Crippen molar-refractivity contribution >= 4 is 18.4 Å². The van der Waals surface area contributed by atoms with Crippen molar-refractivity contribution < 1.29 is 0 Å². The summed E-state index contributed by atoms with van der Waals surface area (Å²) in [7, 11) is 0. The van der Waals surface area contributed by atoms with Gasteiger partial charge in [0.05, 0.1) is 11.5 Å². The third-order valence-corrected chi connectivity index (χ3v) is 2.22. The second-order valence-corrected chi connectivity index (χ2v) is 2.69.